The molecule has 1 heterocycles. The zero-order valence-electron chi connectivity index (χ0n) is 13.9. The lowest BCUT2D eigenvalue weighted by Gasteiger charge is -2.06. The number of anilines is 2. The van der Waals surface area contributed by atoms with Gasteiger partial charge in [-0.1, -0.05) is 23.7 Å². The van der Waals surface area contributed by atoms with Crippen molar-refractivity contribution in [3.63, 3.8) is 0 Å². The van der Waals surface area contributed by atoms with Crippen molar-refractivity contribution in [2.45, 2.75) is 6.18 Å². The Morgan fingerprint density at radius 3 is 2.37 bits per heavy atom. The Labute approximate surface area is 156 Å². The van der Waals surface area contributed by atoms with Crippen LogP contribution in [0.1, 0.15) is 5.56 Å². The van der Waals surface area contributed by atoms with E-state index in [0.717, 1.165) is 12.1 Å². The van der Waals surface area contributed by atoms with E-state index in [9.17, 15) is 18.0 Å². The number of para-hydroxylation sites is 1. The summed E-state index contributed by atoms with van der Waals surface area (Å²) in [4.78, 5) is 12.2. The van der Waals surface area contributed by atoms with Crippen LogP contribution in [0.5, 0.6) is 0 Å². The van der Waals surface area contributed by atoms with Gasteiger partial charge in [-0.25, -0.2) is 0 Å². The van der Waals surface area contributed by atoms with E-state index in [4.69, 9.17) is 11.6 Å². The third kappa shape index (κ3) is 4.20. The molecule has 0 aliphatic rings. The predicted molar refractivity (Wildman–Crippen MR) is 96.4 cm³/mol. The van der Waals surface area contributed by atoms with Crippen LogP contribution in [0.4, 0.5) is 36.1 Å². The van der Waals surface area contributed by atoms with E-state index in [-0.39, 0.29) is 17.2 Å². The Kier molecular flexibility index (Phi) is 5.04. The molecule has 2 N–H and O–H groups in total. The van der Waals surface area contributed by atoms with Crippen molar-refractivity contribution in [3.8, 4) is 0 Å². The minimum atomic E-state index is -4.43. The van der Waals surface area contributed by atoms with E-state index < -0.39 is 17.3 Å². The third-order valence-corrected chi connectivity index (χ3v) is 3.95. The van der Waals surface area contributed by atoms with Crippen molar-refractivity contribution >= 4 is 34.5 Å². The number of hydrogen-bond donors (Lipinski definition) is 2. The summed E-state index contributed by atoms with van der Waals surface area (Å²) in [6, 6.07) is 11.0. The minimum absolute atomic E-state index is 0.0303. The lowest BCUT2D eigenvalue weighted by atomic mass is 10.2. The molecule has 0 aliphatic carbocycles. The summed E-state index contributed by atoms with van der Waals surface area (Å²) in [6.07, 6.45) is -4.43. The van der Waals surface area contributed by atoms with Crippen molar-refractivity contribution in [1.29, 1.82) is 0 Å². The Hall–Kier alpha value is -3.07. The normalized spacial score (nSPS) is 11.9. The molecule has 1 aromatic heterocycles. The lowest BCUT2D eigenvalue weighted by Crippen LogP contribution is -2.10. The number of benzene rings is 2. The van der Waals surface area contributed by atoms with E-state index in [2.05, 4.69) is 20.6 Å². The van der Waals surface area contributed by atoms with Gasteiger partial charge >= 0.3 is 6.18 Å². The number of aromatic nitrogens is 2. The first kappa shape index (κ1) is 18.7. The number of hydrogen-bond acceptors (Lipinski definition) is 4. The Morgan fingerprint density at radius 1 is 1.07 bits per heavy atom. The van der Waals surface area contributed by atoms with Gasteiger partial charge in [-0.05, 0) is 36.4 Å². The highest BCUT2D eigenvalue weighted by Gasteiger charge is 2.29. The number of nitrogens with zero attached hydrogens (tertiary/aromatic N) is 3. The maximum absolute atomic E-state index is 12.6. The molecular weight excluding hydrogens is 383 g/mol. The molecule has 3 rings (SSSR count). The fourth-order valence-electron chi connectivity index (χ4n) is 2.24. The summed E-state index contributed by atoms with van der Waals surface area (Å²) in [7, 11) is 1.50. The largest absolute Gasteiger partial charge is 0.416 e. The number of rotatable bonds is 4. The van der Waals surface area contributed by atoms with Gasteiger partial charge in [-0.2, -0.15) is 18.3 Å². The molecule has 0 unspecified atom stereocenters. The molecule has 140 valence electrons. The lowest BCUT2D eigenvalue weighted by molar-refractivity contribution is -0.137. The van der Waals surface area contributed by atoms with E-state index in [0.29, 0.717) is 10.7 Å². The number of azo groups is 1. The molecule has 0 radical (unpaired) electrons. The van der Waals surface area contributed by atoms with E-state index in [1.165, 1.54) is 23.9 Å². The molecule has 27 heavy (non-hydrogen) atoms. The molecule has 2 aromatic carbocycles. The van der Waals surface area contributed by atoms with Crippen LogP contribution in [-0.4, -0.2) is 9.78 Å². The highest BCUT2D eigenvalue weighted by Crippen LogP contribution is 2.31. The predicted octanol–water partition coefficient (Wildman–Crippen LogP) is 5.54. The SMILES string of the molecule is Cn1[nH]c(Nc2ccccc2Cl)c(N=Nc2ccc(C(F)(F)F)cc2)c1=O. The van der Waals surface area contributed by atoms with Gasteiger partial charge in [0.1, 0.15) is 0 Å². The second kappa shape index (κ2) is 7.28. The van der Waals surface area contributed by atoms with Gasteiger partial charge in [-0.15, -0.1) is 5.11 Å². The van der Waals surface area contributed by atoms with E-state index >= 15 is 0 Å². The third-order valence-electron chi connectivity index (χ3n) is 3.62. The summed E-state index contributed by atoms with van der Waals surface area (Å²) in [5.74, 6) is 0.256. The number of alkyl halides is 3. The van der Waals surface area contributed by atoms with Gasteiger partial charge in [0, 0.05) is 7.05 Å². The number of nitrogens with one attached hydrogen (secondary N) is 2. The molecule has 0 bridgehead atoms. The van der Waals surface area contributed by atoms with Crippen molar-refractivity contribution in [3.05, 3.63) is 69.5 Å². The molecule has 0 saturated carbocycles. The van der Waals surface area contributed by atoms with Crippen LogP contribution >= 0.6 is 11.6 Å². The van der Waals surface area contributed by atoms with Gasteiger partial charge in [0.05, 0.1) is 22.0 Å². The van der Waals surface area contributed by atoms with Gasteiger partial charge in [0.25, 0.3) is 5.56 Å². The highest BCUT2D eigenvalue weighted by molar-refractivity contribution is 6.33. The van der Waals surface area contributed by atoms with Crippen LogP contribution < -0.4 is 10.9 Å². The van der Waals surface area contributed by atoms with Crippen LogP contribution in [0.15, 0.2) is 63.6 Å². The standard InChI is InChI=1S/C17H13ClF3N5O/c1-26-16(27)14(15(25-26)22-13-5-3-2-4-12(13)18)24-23-11-8-6-10(7-9-11)17(19,20)21/h2-9,22,25H,1H3. The van der Waals surface area contributed by atoms with Crippen molar-refractivity contribution < 1.29 is 13.2 Å². The van der Waals surface area contributed by atoms with Crippen LogP contribution in [0, 0.1) is 0 Å². The maximum atomic E-state index is 12.6. The monoisotopic (exact) mass is 395 g/mol. The summed E-state index contributed by atoms with van der Waals surface area (Å²) in [5.41, 5.74) is -0.556. The molecule has 3 aromatic rings. The van der Waals surface area contributed by atoms with E-state index in [1.807, 2.05) is 0 Å². The second-order valence-corrected chi connectivity index (χ2v) is 5.96. The zero-order chi connectivity index (χ0) is 19.6. The maximum Gasteiger partial charge on any atom is 0.416 e. The number of halogens is 4. The fourth-order valence-corrected chi connectivity index (χ4v) is 2.42. The first-order valence-corrected chi connectivity index (χ1v) is 8.03. The van der Waals surface area contributed by atoms with Crippen LogP contribution in [-0.2, 0) is 13.2 Å². The summed E-state index contributed by atoms with van der Waals surface area (Å²) < 4.78 is 39.0. The molecule has 0 fully saturated rings. The molecular formula is C17H13ClF3N5O. The molecule has 6 nitrogen and oxygen atoms in total. The van der Waals surface area contributed by atoms with Crippen molar-refractivity contribution in [2.75, 3.05) is 5.32 Å². The zero-order valence-corrected chi connectivity index (χ0v) is 14.6. The van der Waals surface area contributed by atoms with Gasteiger partial charge in [0.2, 0.25) is 0 Å². The molecule has 0 spiro atoms. The molecule has 0 amide bonds. The van der Waals surface area contributed by atoms with Crippen LogP contribution in [0.3, 0.4) is 0 Å². The average molecular weight is 396 g/mol. The summed E-state index contributed by atoms with van der Waals surface area (Å²) in [5, 5.41) is 13.9. The smallest absolute Gasteiger partial charge is 0.337 e. The molecule has 0 atom stereocenters. The minimum Gasteiger partial charge on any atom is -0.337 e. The highest BCUT2D eigenvalue weighted by atomic mass is 35.5. The van der Waals surface area contributed by atoms with Crippen molar-refractivity contribution in [2.24, 2.45) is 17.3 Å². The number of aromatic amines is 1. The second-order valence-electron chi connectivity index (χ2n) is 5.55. The van der Waals surface area contributed by atoms with Crippen LogP contribution in [0.25, 0.3) is 0 Å². The van der Waals surface area contributed by atoms with Crippen LogP contribution in [0.2, 0.25) is 5.02 Å². The van der Waals surface area contributed by atoms with Crippen molar-refractivity contribution in [1.82, 2.24) is 9.78 Å². The first-order chi connectivity index (χ1) is 12.8. The van der Waals surface area contributed by atoms with Gasteiger partial charge in [-0.3, -0.25) is 14.6 Å². The van der Waals surface area contributed by atoms with Gasteiger partial charge < -0.3 is 5.32 Å². The Balaban J connectivity index is 1.90. The summed E-state index contributed by atoms with van der Waals surface area (Å²) in [6.45, 7) is 0. The Morgan fingerprint density at radius 2 is 1.74 bits per heavy atom. The number of aryl methyl sites for hydroxylation is 1. The topological polar surface area (TPSA) is 74.5 Å². The number of H-pyrrole nitrogens is 1. The van der Waals surface area contributed by atoms with Gasteiger partial charge in [0.15, 0.2) is 11.5 Å². The fraction of sp³-hybridized carbons (Fsp3) is 0.118. The molecule has 0 saturated heterocycles. The van der Waals surface area contributed by atoms with E-state index in [1.54, 1.807) is 24.3 Å². The molecule has 0 aliphatic heterocycles. The average Bonchev–Trinajstić information content (AvgIpc) is 2.88. The molecule has 10 heteroatoms. The Bertz CT molecular complexity index is 1040. The summed E-state index contributed by atoms with van der Waals surface area (Å²) >= 11 is 6.09. The quantitative estimate of drug-likeness (QED) is 0.569. The first-order valence-electron chi connectivity index (χ1n) is 7.65.